The molecule has 9 heteroatoms. The largest absolute Gasteiger partial charge is 0.351 e. The second kappa shape index (κ2) is 16.9. The van der Waals surface area contributed by atoms with Crippen LogP contribution in [0.25, 0.3) is 10.9 Å². The molecule has 0 aliphatic rings. The number of amides is 1. The number of rotatable bonds is 10. The summed E-state index contributed by atoms with van der Waals surface area (Å²) in [5.74, 6) is 0.366. The van der Waals surface area contributed by atoms with Crippen LogP contribution in [0.15, 0.2) is 73.1 Å². The second-order valence-electron chi connectivity index (χ2n) is 10.0. The number of nitrogens with zero attached hydrogens (tertiary/aromatic N) is 5. The van der Waals surface area contributed by atoms with E-state index in [1.807, 2.05) is 57.3 Å². The van der Waals surface area contributed by atoms with Gasteiger partial charge in [0.2, 0.25) is 0 Å². The number of hydrogen-bond donors (Lipinski definition) is 2. The molecule has 2 aromatic heterocycles. The lowest BCUT2D eigenvalue weighted by atomic mass is 10.1. The molecular formula is C32H45N7O2. The van der Waals surface area contributed by atoms with Crippen LogP contribution in [0, 0.1) is 0 Å². The monoisotopic (exact) mass is 559 g/mol. The summed E-state index contributed by atoms with van der Waals surface area (Å²) in [6, 6.07) is 20.3. The van der Waals surface area contributed by atoms with Crippen LogP contribution in [-0.2, 0) is 18.4 Å². The van der Waals surface area contributed by atoms with E-state index >= 15 is 0 Å². The summed E-state index contributed by atoms with van der Waals surface area (Å²) in [7, 11) is 12.1. The van der Waals surface area contributed by atoms with Crippen molar-refractivity contribution < 1.29 is 9.59 Å². The Bertz CT molecular complexity index is 1350. The second-order valence-corrected chi connectivity index (χ2v) is 10.0. The Kier molecular flexibility index (Phi) is 13.7. The zero-order valence-electron chi connectivity index (χ0n) is 25.5. The van der Waals surface area contributed by atoms with Crippen molar-refractivity contribution in [1.29, 1.82) is 0 Å². The Morgan fingerprint density at radius 1 is 0.927 bits per heavy atom. The third kappa shape index (κ3) is 9.82. The van der Waals surface area contributed by atoms with Crippen molar-refractivity contribution in [2.45, 2.75) is 13.5 Å². The zero-order chi connectivity index (χ0) is 30.4. The van der Waals surface area contributed by atoms with Crippen LogP contribution in [0.4, 0.5) is 17.2 Å². The molecule has 4 rings (SSSR count). The van der Waals surface area contributed by atoms with Crippen molar-refractivity contribution >= 4 is 40.8 Å². The fraction of sp³-hybridized carbons (Fsp3) is 0.344. The molecule has 2 N–H and O–H groups in total. The summed E-state index contributed by atoms with van der Waals surface area (Å²) >= 11 is 0. The van der Waals surface area contributed by atoms with Crippen LogP contribution in [-0.4, -0.2) is 86.9 Å². The molecule has 0 saturated heterocycles. The molecule has 0 fully saturated rings. The number of hydrogen-bond acceptors (Lipinski definition) is 7. The highest BCUT2D eigenvalue weighted by atomic mass is 16.1. The molecule has 1 amide bonds. The predicted molar refractivity (Wildman–Crippen MR) is 171 cm³/mol. The number of pyridine rings is 1. The average molecular weight is 560 g/mol. The highest BCUT2D eigenvalue weighted by Gasteiger charge is 2.12. The first kappa shape index (κ1) is 33.2. The van der Waals surface area contributed by atoms with Crippen LogP contribution in [0.1, 0.15) is 22.8 Å². The molecule has 2 heterocycles. The lowest BCUT2D eigenvalue weighted by Gasteiger charge is -2.24. The van der Waals surface area contributed by atoms with Gasteiger partial charge in [0, 0.05) is 79.5 Å². The van der Waals surface area contributed by atoms with Gasteiger partial charge < -0.3 is 34.7 Å². The van der Waals surface area contributed by atoms with Gasteiger partial charge in [-0.1, -0.05) is 12.1 Å². The molecule has 2 aromatic carbocycles. The summed E-state index contributed by atoms with van der Waals surface area (Å²) < 4.78 is 2.12. The molecule has 4 aromatic rings. The first-order valence-corrected chi connectivity index (χ1v) is 13.6. The van der Waals surface area contributed by atoms with Gasteiger partial charge in [0.05, 0.1) is 0 Å². The van der Waals surface area contributed by atoms with Crippen LogP contribution < -0.4 is 15.5 Å². The number of aromatic nitrogens is 2. The molecule has 9 nitrogen and oxygen atoms in total. The van der Waals surface area contributed by atoms with E-state index < -0.39 is 0 Å². The molecule has 0 aliphatic carbocycles. The van der Waals surface area contributed by atoms with Crippen LogP contribution >= 0.6 is 0 Å². The van der Waals surface area contributed by atoms with Crippen molar-refractivity contribution in [3.8, 4) is 0 Å². The standard InChI is InChI=1S/C29H36N6O.C2H7N.CH2O/c1-6-35(25-11-12-27-24(19-25)14-16-34(27)5)26-13-15-30-28(20-26)31-29(36)23-9-7-22(8-10-23)21-33(4)18-17-32(2)3;1-3-2;1-2/h7-16,19-20H,6,17-18,21H2,1-5H3,(H,30,31,36);3H,1-2H3;1H2. The molecule has 0 spiro atoms. The van der Waals surface area contributed by atoms with Crippen LogP contribution in [0.5, 0.6) is 0 Å². The summed E-state index contributed by atoms with van der Waals surface area (Å²) in [6.07, 6.45) is 3.81. The minimum absolute atomic E-state index is 0.166. The fourth-order valence-electron chi connectivity index (χ4n) is 4.32. The van der Waals surface area contributed by atoms with Crippen molar-refractivity contribution in [2.24, 2.45) is 7.05 Å². The molecule has 41 heavy (non-hydrogen) atoms. The predicted octanol–water partition coefficient (Wildman–Crippen LogP) is 4.63. The van der Waals surface area contributed by atoms with Gasteiger partial charge in [-0.3, -0.25) is 4.79 Å². The summed E-state index contributed by atoms with van der Waals surface area (Å²) in [5.41, 5.74) is 5.08. The average Bonchev–Trinajstić information content (AvgIpc) is 3.34. The molecule has 0 bridgehead atoms. The lowest BCUT2D eigenvalue weighted by molar-refractivity contribution is -0.0980. The van der Waals surface area contributed by atoms with E-state index in [0.29, 0.717) is 11.4 Å². The minimum atomic E-state index is -0.166. The van der Waals surface area contributed by atoms with E-state index in [2.05, 4.69) is 100 Å². The third-order valence-electron chi connectivity index (χ3n) is 6.39. The van der Waals surface area contributed by atoms with E-state index in [1.54, 1.807) is 6.20 Å². The molecule has 0 aliphatic heterocycles. The van der Waals surface area contributed by atoms with Crippen LogP contribution in [0.2, 0.25) is 0 Å². The number of carbonyl (C=O) groups excluding carboxylic acids is 2. The number of carbonyl (C=O) groups is 2. The van der Waals surface area contributed by atoms with Crippen molar-refractivity contribution in [3.05, 3.63) is 84.2 Å². The van der Waals surface area contributed by atoms with Gasteiger partial charge in [0.25, 0.3) is 5.91 Å². The quantitative estimate of drug-likeness (QED) is 0.293. The summed E-state index contributed by atoms with van der Waals surface area (Å²) in [4.78, 5) is 32.0. The van der Waals surface area contributed by atoms with Crippen LogP contribution in [0.3, 0.4) is 0 Å². The lowest BCUT2D eigenvalue weighted by Crippen LogP contribution is -2.28. The summed E-state index contributed by atoms with van der Waals surface area (Å²) in [5, 5.41) is 6.91. The SMILES string of the molecule is C=O.CCN(c1ccnc(NC(=O)c2ccc(CN(C)CCN(C)C)cc2)c1)c1ccc2c(ccn2C)c1.CNC. The maximum absolute atomic E-state index is 12.9. The number of likely N-dealkylation sites (N-methyl/N-ethyl adjacent to an activating group) is 2. The Morgan fingerprint density at radius 2 is 1.59 bits per heavy atom. The zero-order valence-corrected chi connectivity index (χ0v) is 25.5. The first-order chi connectivity index (χ1) is 19.7. The number of benzene rings is 2. The van der Waals surface area contributed by atoms with Crippen molar-refractivity contribution in [3.63, 3.8) is 0 Å². The highest BCUT2D eigenvalue weighted by Crippen LogP contribution is 2.29. The van der Waals surface area contributed by atoms with E-state index in [9.17, 15) is 4.79 Å². The topological polar surface area (TPSA) is 85.7 Å². The van der Waals surface area contributed by atoms with E-state index in [0.717, 1.165) is 37.6 Å². The Morgan fingerprint density at radius 3 is 2.22 bits per heavy atom. The maximum atomic E-state index is 12.9. The van der Waals surface area contributed by atoms with Gasteiger partial charge in [-0.2, -0.15) is 0 Å². The van der Waals surface area contributed by atoms with Gasteiger partial charge in [0.1, 0.15) is 12.6 Å². The van der Waals surface area contributed by atoms with E-state index in [1.165, 1.54) is 16.5 Å². The minimum Gasteiger partial charge on any atom is -0.351 e. The van der Waals surface area contributed by atoms with Gasteiger partial charge in [-0.15, -0.1) is 0 Å². The van der Waals surface area contributed by atoms with Gasteiger partial charge in [-0.25, -0.2) is 4.98 Å². The Labute approximate surface area is 244 Å². The molecule has 0 saturated carbocycles. The number of fused-ring (bicyclic) bond motifs is 1. The number of nitrogens with one attached hydrogen (secondary N) is 2. The van der Waals surface area contributed by atoms with Crippen molar-refractivity contribution in [1.82, 2.24) is 24.7 Å². The van der Waals surface area contributed by atoms with E-state index in [4.69, 9.17) is 4.79 Å². The fourth-order valence-corrected chi connectivity index (χ4v) is 4.32. The highest BCUT2D eigenvalue weighted by molar-refractivity contribution is 6.04. The molecule has 0 atom stereocenters. The van der Waals surface area contributed by atoms with Gasteiger partial charge >= 0.3 is 0 Å². The van der Waals surface area contributed by atoms with E-state index in [-0.39, 0.29) is 5.91 Å². The maximum Gasteiger partial charge on any atom is 0.256 e. The number of aryl methyl sites for hydroxylation is 1. The molecule has 0 unspecified atom stereocenters. The van der Waals surface area contributed by atoms with Gasteiger partial charge in [0.15, 0.2) is 0 Å². The Balaban J connectivity index is 0.00000110. The smallest absolute Gasteiger partial charge is 0.256 e. The molecule has 0 radical (unpaired) electrons. The normalized spacial score (nSPS) is 10.6. The van der Waals surface area contributed by atoms with Gasteiger partial charge in [-0.05, 0) is 90.2 Å². The number of anilines is 3. The third-order valence-corrected chi connectivity index (χ3v) is 6.39. The van der Waals surface area contributed by atoms with Crippen molar-refractivity contribution in [2.75, 3.05) is 65.1 Å². The summed E-state index contributed by atoms with van der Waals surface area (Å²) in [6.45, 7) is 7.76. The first-order valence-electron chi connectivity index (χ1n) is 13.6. The molecule has 220 valence electrons. The Hall–Kier alpha value is -4.05. The molecular weight excluding hydrogens is 514 g/mol.